The molecule has 170 valence electrons. The van der Waals surface area contributed by atoms with E-state index >= 15 is 0 Å². The van der Waals surface area contributed by atoms with Crippen LogP contribution < -0.4 is 5.32 Å². The molecular formula is C22H27ClFN7S. The highest BCUT2D eigenvalue weighted by atomic mass is 35.5. The van der Waals surface area contributed by atoms with E-state index in [-0.39, 0.29) is 5.82 Å². The summed E-state index contributed by atoms with van der Waals surface area (Å²) in [6.45, 7) is 9.73. The summed E-state index contributed by atoms with van der Waals surface area (Å²) in [5, 5.41) is 13.3. The molecule has 3 aromatic rings. The van der Waals surface area contributed by atoms with Crippen LogP contribution in [0.5, 0.6) is 0 Å². The third-order valence-electron chi connectivity index (χ3n) is 5.79. The molecular weight excluding hydrogens is 449 g/mol. The van der Waals surface area contributed by atoms with Crippen LogP contribution in [0.1, 0.15) is 23.7 Å². The summed E-state index contributed by atoms with van der Waals surface area (Å²) in [7, 11) is 0. The molecule has 1 aliphatic heterocycles. The number of nitrogens with one attached hydrogen (secondary N) is 1. The molecule has 0 atom stereocenters. The molecule has 0 radical (unpaired) electrons. The van der Waals surface area contributed by atoms with E-state index in [2.05, 4.69) is 39.2 Å². The van der Waals surface area contributed by atoms with E-state index in [1.54, 1.807) is 12.3 Å². The van der Waals surface area contributed by atoms with E-state index in [0.29, 0.717) is 23.2 Å². The van der Waals surface area contributed by atoms with E-state index in [1.807, 2.05) is 21.8 Å². The molecule has 0 bridgehead atoms. The molecule has 1 aliphatic rings. The predicted molar refractivity (Wildman–Crippen MR) is 128 cm³/mol. The van der Waals surface area contributed by atoms with Gasteiger partial charge in [-0.25, -0.2) is 4.39 Å². The molecule has 0 aliphatic carbocycles. The Morgan fingerprint density at radius 2 is 1.91 bits per heavy atom. The van der Waals surface area contributed by atoms with Gasteiger partial charge in [0.1, 0.15) is 5.82 Å². The minimum Gasteiger partial charge on any atom is -0.346 e. The second-order valence-corrected chi connectivity index (χ2v) is 8.72. The average molecular weight is 476 g/mol. The molecule has 3 heterocycles. The van der Waals surface area contributed by atoms with Crippen LogP contribution in [-0.2, 0) is 19.6 Å². The highest BCUT2D eigenvalue weighted by molar-refractivity contribution is 7.80. The molecule has 10 heteroatoms. The number of aryl methyl sites for hydroxylation is 1. The lowest BCUT2D eigenvalue weighted by molar-refractivity contribution is 0.177. The fraction of sp³-hybridized carbons (Fsp3) is 0.409. The van der Waals surface area contributed by atoms with Gasteiger partial charge in [-0.05, 0) is 43.8 Å². The van der Waals surface area contributed by atoms with E-state index in [0.717, 1.165) is 55.2 Å². The summed E-state index contributed by atoms with van der Waals surface area (Å²) in [5.41, 5.74) is 4.12. The monoisotopic (exact) mass is 475 g/mol. The van der Waals surface area contributed by atoms with Crippen LogP contribution in [0.25, 0.3) is 0 Å². The number of hydrogen-bond donors (Lipinski definition) is 1. The van der Waals surface area contributed by atoms with Crippen molar-refractivity contribution in [3.05, 3.63) is 64.5 Å². The summed E-state index contributed by atoms with van der Waals surface area (Å²) in [6.07, 6.45) is 5.65. The number of hydrogen-bond acceptors (Lipinski definition) is 4. The van der Waals surface area contributed by atoms with Gasteiger partial charge in [0.2, 0.25) is 0 Å². The van der Waals surface area contributed by atoms with Crippen LogP contribution in [0, 0.1) is 12.7 Å². The third kappa shape index (κ3) is 5.28. The van der Waals surface area contributed by atoms with Gasteiger partial charge in [0, 0.05) is 61.7 Å². The van der Waals surface area contributed by atoms with E-state index < -0.39 is 0 Å². The molecule has 1 saturated heterocycles. The van der Waals surface area contributed by atoms with Crippen molar-refractivity contribution in [3.8, 4) is 0 Å². The van der Waals surface area contributed by atoms with Crippen molar-refractivity contribution in [2.75, 3.05) is 31.5 Å². The van der Waals surface area contributed by atoms with Crippen LogP contribution >= 0.6 is 23.8 Å². The molecule has 1 fully saturated rings. The maximum atomic E-state index is 13.3. The zero-order valence-corrected chi connectivity index (χ0v) is 19.8. The Bertz CT molecular complexity index is 1090. The van der Waals surface area contributed by atoms with Crippen molar-refractivity contribution in [1.29, 1.82) is 0 Å². The van der Waals surface area contributed by atoms with Crippen LogP contribution in [-0.4, -0.2) is 60.7 Å². The molecule has 0 amide bonds. The lowest BCUT2D eigenvalue weighted by Gasteiger charge is -2.36. The number of thiocarbonyl (C=S) groups is 1. The average Bonchev–Trinajstić information content (AvgIpc) is 3.37. The van der Waals surface area contributed by atoms with Gasteiger partial charge in [-0.3, -0.25) is 14.3 Å². The molecule has 2 aromatic heterocycles. The normalized spacial score (nSPS) is 14.7. The van der Waals surface area contributed by atoms with Crippen molar-refractivity contribution >= 4 is 34.6 Å². The number of benzene rings is 1. The SMILES string of the molecule is CCn1ncc(Cn2cc(NC(=S)N3CCN(Cc4ccc(F)cc4Cl)CC3)cn2)c1C. The van der Waals surface area contributed by atoms with Crippen molar-refractivity contribution in [3.63, 3.8) is 0 Å². The van der Waals surface area contributed by atoms with Crippen LogP contribution in [0.15, 0.2) is 36.8 Å². The summed E-state index contributed by atoms with van der Waals surface area (Å²) >= 11 is 11.8. The second-order valence-electron chi connectivity index (χ2n) is 7.93. The number of halogens is 2. The van der Waals surface area contributed by atoms with Gasteiger partial charge >= 0.3 is 0 Å². The summed E-state index contributed by atoms with van der Waals surface area (Å²) in [6, 6.07) is 4.57. The summed E-state index contributed by atoms with van der Waals surface area (Å²) < 4.78 is 17.1. The molecule has 7 nitrogen and oxygen atoms in total. The Morgan fingerprint density at radius 1 is 1.12 bits per heavy atom. The zero-order chi connectivity index (χ0) is 22.7. The fourth-order valence-corrected chi connectivity index (χ4v) is 4.38. The quantitative estimate of drug-likeness (QED) is 0.548. The maximum absolute atomic E-state index is 13.3. The van der Waals surface area contributed by atoms with Crippen molar-refractivity contribution in [2.45, 2.75) is 33.5 Å². The lowest BCUT2D eigenvalue weighted by Crippen LogP contribution is -2.49. The number of nitrogens with zero attached hydrogens (tertiary/aromatic N) is 6. The van der Waals surface area contributed by atoms with Crippen molar-refractivity contribution < 1.29 is 4.39 Å². The first-order chi connectivity index (χ1) is 15.4. The molecule has 0 spiro atoms. The lowest BCUT2D eigenvalue weighted by atomic mass is 10.2. The Labute approximate surface area is 197 Å². The topological polar surface area (TPSA) is 54.2 Å². The minimum absolute atomic E-state index is 0.311. The zero-order valence-electron chi connectivity index (χ0n) is 18.3. The Balaban J connectivity index is 1.27. The fourth-order valence-electron chi connectivity index (χ4n) is 3.85. The van der Waals surface area contributed by atoms with Crippen LogP contribution in [0.3, 0.4) is 0 Å². The Hall–Kier alpha value is -2.49. The maximum Gasteiger partial charge on any atom is 0.173 e. The van der Waals surface area contributed by atoms with Gasteiger partial charge < -0.3 is 10.2 Å². The van der Waals surface area contributed by atoms with Gasteiger partial charge in [-0.15, -0.1) is 0 Å². The molecule has 1 aromatic carbocycles. The first-order valence-electron chi connectivity index (χ1n) is 10.7. The number of aromatic nitrogens is 4. The van der Waals surface area contributed by atoms with Gasteiger partial charge in [0.05, 0.1) is 24.6 Å². The van der Waals surface area contributed by atoms with Crippen molar-refractivity contribution in [2.24, 2.45) is 0 Å². The number of rotatable bonds is 6. The highest BCUT2D eigenvalue weighted by Crippen LogP contribution is 2.20. The third-order valence-corrected chi connectivity index (χ3v) is 6.50. The smallest absolute Gasteiger partial charge is 0.173 e. The van der Waals surface area contributed by atoms with E-state index in [1.165, 1.54) is 12.1 Å². The second kappa shape index (κ2) is 9.97. The first kappa shape index (κ1) is 22.7. The van der Waals surface area contributed by atoms with Gasteiger partial charge in [0.15, 0.2) is 5.11 Å². The van der Waals surface area contributed by atoms with Gasteiger partial charge in [-0.1, -0.05) is 17.7 Å². The van der Waals surface area contributed by atoms with Gasteiger partial charge in [-0.2, -0.15) is 10.2 Å². The Kier molecular flexibility index (Phi) is 7.07. The first-order valence-corrected chi connectivity index (χ1v) is 11.5. The predicted octanol–water partition coefficient (Wildman–Crippen LogP) is 3.76. The molecule has 0 unspecified atom stereocenters. The summed E-state index contributed by atoms with van der Waals surface area (Å²) in [5.74, 6) is -0.311. The molecule has 4 rings (SSSR count). The standard InChI is InChI=1S/C22H27ClFN7S/c1-3-31-16(2)18(11-26-31)14-30-15-20(12-25-30)27-22(32)29-8-6-28(7-9-29)13-17-4-5-19(24)10-21(17)23/h4-5,10-12,15H,3,6-9,13-14H2,1-2H3,(H,27,32). The van der Waals surface area contributed by atoms with E-state index in [4.69, 9.17) is 23.8 Å². The molecule has 32 heavy (non-hydrogen) atoms. The highest BCUT2D eigenvalue weighted by Gasteiger charge is 2.20. The van der Waals surface area contributed by atoms with Crippen LogP contribution in [0.2, 0.25) is 5.02 Å². The summed E-state index contributed by atoms with van der Waals surface area (Å²) in [4.78, 5) is 4.46. The van der Waals surface area contributed by atoms with E-state index in [9.17, 15) is 4.39 Å². The molecule has 0 saturated carbocycles. The minimum atomic E-state index is -0.311. The largest absolute Gasteiger partial charge is 0.346 e. The number of piperazine rings is 1. The Morgan fingerprint density at radius 3 is 2.59 bits per heavy atom. The molecule has 1 N–H and O–H groups in total. The van der Waals surface area contributed by atoms with Crippen molar-refractivity contribution in [1.82, 2.24) is 29.4 Å². The number of anilines is 1. The van der Waals surface area contributed by atoms with Crippen LogP contribution in [0.4, 0.5) is 10.1 Å². The van der Waals surface area contributed by atoms with Gasteiger partial charge in [0.25, 0.3) is 0 Å².